The highest BCUT2D eigenvalue weighted by Gasteiger charge is 2.33. The summed E-state index contributed by atoms with van der Waals surface area (Å²) in [4.78, 5) is 26.5. The van der Waals surface area contributed by atoms with Crippen LogP contribution < -0.4 is 5.32 Å². The monoisotopic (exact) mass is 314 g/mol. The molecule has 3 N–H and O–H groups in total. The lowest BCUT2D eigenvalue weighted by molar-refractivity contribution is -0.142. The second-order valence-corrected chi connectivity index (χ2v) is 6.41. The summed E-state index contributed by atoms with van der Waals surface area (Å²) >= 11 is 0. The second-order valence-electron chi connectivity index (χ2n) is 6.41. The number of aromatic amines is 1. The Morgan fingerprint density at radius 3 is 2.96 bits per heavy atom. The minimum absolute atomic E-state index is 0.0647. The molecule has 1 fully saturated rings. The topological polar surface area (TPSA) is 82.2 Å². The van der Waals surface area contributed by atoms with Gasteiger partial charge in [-0.05, 0) is 43.9 Å². The van der Waals surface area contributed by atoms with Gasteiger partial charge in [-0.2, -0.15) is 0 Å². The van der Waals surface area contributed by atoms with E-state index in [2.05, 4.69) is 29.4 Å². The highest BCUT2D eigenvalue weighted by molar-refractivity contribution is 5.85. The first-order valence-electron chi connectivity index (χ1n) is 8.13. The van der Waals surface area contributed by atoms with Gasteiger partial charge in [0.2, 0.25) is 5.91 Å². The van der Waals surface area contributed by atoms with Gasteiger partial charge in [0.25, 0.3) is 0 Å². The Labute approximate surface area is 135 Å². The van der Waals surface area contributed by atoms with Crippen LogP contribution in [0.5, 0.6) is 0 Å². The van der Waals surface area contributed by atoms with Crippen molar-refractivity contribution in [3.8, 4) is 0 Å². The van der Waals surface area contributed by atoms with E-state index in [0.29, 0.717) is 19.3 Å². The van der Waals surface area contributed by atoms with Crippen molar-refractivity contribution in [2.75, 3.05) is 0 Å². The summed E-state index contributed by atoms with van der Waals surface area (Å²) in [5.41, 5.74) is 3.39. The third kappa shape index (κ3) is 3.38. The molecule has 23 heavy (non-hydrogen) atoms. The predicted octanol–water partition coefficient (Wildman–Crippen LogP) is 2.78. The number of carboxylic acids is 1. The Morgan fingerprint density at radius 2 is 2.17 bits per heavy atom. The molecule has 0 spiro atoms. The van der Waals surface area contributed by atoms with E-state index in [1.807, 2.05) is 12.3 Å². The maximum Gasteiger partial charge on any atom is 0.308 e. The van der Waals surface area contributed by atoms with E-state index < -0.39 is 11.9 Å². The molecule has 0 radical (unpaired) electrons. The fourth-order valence-electron chi connectivity index (χ4n) is 3.45. The molecule has 5 heteroatoms. The molecule has 0 bridgehead atoms. The third-order valence-electron chi connectivity index (χ3n) is 4.72. The molecule has 2 aromatic rings. The molecular weight excluding hydrogens is 292 g/mol. The van der Waals surface area contributed by atoms with Gasteiger partial charge in [0.05, 0.1) is 5.92 Å². The molecule has 1 amide bonds. The fourth-order valence-corrected chi connectivity index (χ4v) is 3.45. The number of rotatable bonds is 5. The zero-order valence-electron chi connectivity index (χ0n) is 13.3. The lowest BCUT2D eigenvalue weighted by Crippen LogP contribution is -2.40. The number of aromatic nitrogens is 1. The van der Waals surface area contributed by atoms with Crippen LogP contribution in [0.3, 0.4) is 0 Å². The van der Waals surface area contributed by atoms with Crippen molar-refractivity contribution in [3.63, 3.8) is 0 Å². The average molecular weight is 314 g/mol. The number of aliphatic carboxylic acids is 1. The highest BCUT2D eigenvalue weighted by atomic mass is 16.4. The Bertz CT molecular complexity index is 735. The van der Waals surface area contributed by atoms with Crippen LogP contribution >= 0.6 is 0 Å². The van der Waals surface area contributed by atoms with E-state index in [-0.39, 0.29) is 11.9 Å². The summed E-state index contributed by atoms with van der Waals surface area (Å²) in [7, 11) is 0. The van der Waals surface area contributed by atoms with Crippen LogP contribution in [0.4, 0.5) is 0 Å². The number of H-pyrrole nitrogens is 1. The summed E-state index contributed by atoms with van der Waals surface area (Å²) in [5.74, 6) is -1.31. The Kier molecular flexibility index (Phi) is 4.37. The van der Waals surface area contributed by atoms with Crippen LogP contribution in [-0.4, -0.2) is 28.0 Å². The molecule has 0 unspecified atom stereocenters. The lowest BCUT2D eigenvalue weighted by Gasteiger charge is -2.17. The first kappa shape index (κ1) is 15.6. The molecule has 0 aliphatic heterocycles. The van der Waals surface area contributed by atoms with Crippen LogP contribution in [-0.2, 0) is 16.0 Å². The Morgan fingerprint density at radius 1 is 1.35 bits per heavy atom. The van der Waals surface area contributed by atoms with Gasteiger partial charge >= 0.3 is 5.97 Å². The minimum Gasteiger partial charge on any atom is -0.481 e. The van der Waals surface area contributed by atoms with Gasteiger partial charge in [-0.1, -0.05) is 18.1 Å². The molecule has 0 saturated heterocycles. The van der Waals surface area contributed by atoms with Crippen LogP contribution in [0.2, 0.25) is 0 Å². The Hall–Kier alpha value is -2.30. The minimum atomic E-state index is -0.806. The van der Waals surface area contributed by atoms with Crippen molar-refractivity contribution in [3.05, 3.63) is 35.5 Å². The molecular formula is C18H22N2O3. The van der Waals surface area contributed by atoms with Crippen LogP contribution in [0.25, 0.3) is 10.9 Å². The molecule has 1 aliphatic carbocycles. The zero-order valence-corrected chi connectivity index (χ0v) is 13.3. The van der Waals surface area contributed by atoms with Crippen LogP contribution in [0.1, 0.15) is 36.8 Å². The highest BCUT2D eigenvalue weighted by Crippen LogP contribution is 2.26. The maximum atomic E-state index is 12.2. The van der Waals surface area contributed by atoms with Gasteiger partial charge in [-0.3, -0.25) is 9.59 Å². The quantitative estimate of drug-likeness (QED) is 0.793. The number of amides is 1. The molecule has 1 aromatic carbocycles. The summed E-state index contributed by atoms with van der Waals surface area (Å²) in [5, 5.41) is 13.2. The molecule has 5 nitrogen and oxygen atoms in total. The second kappa shape index (κ2) is 6.44. The summed E-state index contributed by atoms with van der Waals surface area (Å²) < 4.78 is 0. The molecule has 122 valence electrons. The molecule has 3 rings (SSSR count). The van der Waals surface area contributed by atoms with E-state index in [1.165, 1.54) is 5.56 Å². The standard InChI is InChI=1S/C18H22N2O3/c1-11-5-7-15-14(9-11)12(10-19-15)6-8-17(21)20-16-4-2-3-13(16)18(22)23/h5,7,9-10,13,16,19H,2-4,6,8H2,1H3,(H,20,21)(H,22,23)/t13-,16+/m0/s1. The number of aryl methyl sites for hydroxylation is 2. The van der Waals surface area contributed by atoms with Crippen molar-refractivity contribution in [2.45, 2.75) is 45.1 Å². The van der Waals surface area contributed by atoms with Gasteiger partial charge in [-0.15, -0.1) is 0 Å². The third-order valence-corrected chi connectivity index (χ3v) is 4.72. The predicted molar refractivity (Wildman–Crippen MR) is 88.3 cm³/mol. The van der Waals surface area contributed by atoms with E-state index in [1.54, 1.807) is 0 Å². The summed E-state index contributed by atoms with van der Waals surface area (Å²) in [6.07, 6.45) is 5.26. The van der Waals surface area contributed by atoms with Crippen LogP contribution in [0, 0.1) is 12.8 Å². The molecule has 1 aliphatic rings. The average Bonchev–Trinajstić information content (AvgIpc) is 3.11. The largest absolute Gasteiger partial charge is 0.481 e. The van der Waals surface area contributed by atoms with Crippen molar-refractivity contribution in [2.24, 2.45) is 5.92 Å². The number of carbonyl (C=O) groups excluding carboxylic acids is 1. The van der Waals surface area contributed by atoms with Gasteiger partial charge in [0.15, 0.2) is 0 Å². The summed E-state index contributed by atoms with van der Waals surface area (Å²) in [6, 6.07) is 6.01. The van der Waals surface area contributed by atoms with E-state index in [4.69, 9.17) is 5.11 Å². The van der Waals surface area contributed by atoms with Crippen molar-refractivity contribution >= 4 is 22.8 Å². The van der Waals surface area contributed by atoms with E-state index in [0.717, 1.165) is 29.3 Å². The molecule has 1 heterocycles. The van der Waals surface area contributed by atoms with Gasteiger partial charge in [-0.25, -0.2) is 0 Å². The van der Waals surface area contributed by atoms with E-state index in [9.17, 15) is 9.59 Å². The normalized spacial score (nSPS) is 20.7. The number of nitrogens with one attached hydrogen (secondary N) is 2. The number of fused-ring (bicyclic) bond motifs is 1. The van der Waals surface area contributed by atoms with Crippen molar-refractivity contribution < 1.29 is 14.7 Å². The van der Waals surface area contributed by atoms with Crippen molar-refractivity contribution in [1.82, 2.24) is 10.3 Å². The SMILES string of the molecule is Cc1ccc2[nH]cc(CCC(=O)N[C@@H]3CCC[C@@H]3C(=O)O)c2c1. The number of hydrogen-bond acceptors (Lipinski definition) is 2. The number of carbonyl (C=O) groups is 2. The molecule has 2 atom stereocenters. The van der Waals surface area contributed by atoms with Gasteiger partial charge in [0.1, 0.15) is 0 Å². The molecule has 1 saturated carbocycles. The van der Waals surface area contributed by atoms with Crippen molar-refractivity contribution in [1.29, 1.82) is 0 Å². The maximum absolute atomic E-state index is 12.2. The van der Waals surface area contributed by atoms with Gasteiger partial charge < -0.3 is 15.4 Å². The van der Waals surface area contributed by atoms with E-state index >= 15 is 0 Å². The zero-order chi connectivity index (χ0) is 16.4. The number of hydrogen-bond donors (Lipinski definition) is 3. The fraction of sp³-hybridized carbons (Fsp3) is 0.444. The lowest BCUT2D eigenvalue weighted by atomic mass is 10.0. The summed E-state index contributed by atoms with van der Waals surface area (Å²) in [6.45, 7) is 2.05. The number of carboxylic acid groups (broad SMARTS) is 1. The Balaban J connectivity index is 1.60. The smallest absolute Gasteiger partial charge is 0.308 e. The van der Waals surface area contributed by atoms with Crippen LogP contribution in [0.15, 0.2) is 24.4 Å². The van der Waals surface area contributed by atoms with Gasteiger partial charge in [0, 0.05) is 29.6 Å². The first-order valence-corrected chi connectivity index (χ1v) is 8.13. The first-order chi connectivity index (χ1) is 11.0. The molecule has 1 aromatic heterocycles. The number of benzene rings is 1.